The third kappa shape index (κ3) is 2.18. The minimum atomic E-state index is -0.748. The van der Waals surface area contributed by atoms with Gasteiger partial charge in [0, 0.05) is 25.2 Å². The molecule has 3 fully saturated rings. The van der Waals surface area contributed by atoms with Crippen molar-refractivity contribution in [1.29, 1.82) is 0 Å². The zero-order valence-electron chi connectivity index (χ0n) is 11.1. The number of oxime groups is 1. The first-order chi connectivity index (χ1) is 9.15. The molecule has 3 aliphatic rings. The highest BCUT2D eigenvalue weighted by Crippen LogP contribution is 2.41. The third-order valence-corrected chi connectivity index (χ3v) is 4.86. The van der Waals surface area contributed by atoms with Crippen LogP contribution in [0.1, 0.15) is 38.5 Å². The Labute approximate surface area is 113 Å². The smallest absolute Gasteiger partial charge is 0.234 e. The van der Waals surface area contributed by atoms with E-state index in [1.807, 2.05) is 0 Å². The van der Waals surface area contributed by atoms with Crippen molar-refractivity contribution in [2.24, 2.45) is 16.3 Å². The molecule has 3 rings (SSSR count). The molecule has 2 aliphatic carbocycles. The summed E-state index contributed by atoms with van der Waals surface area (Å²) in [5.74, 6) is 0.00462. The van der Waals surface area contributed by atoms with Gasteiger partial charge in [0.25, 0.3) is 0 Å². The quantitative estimate of drug-likeness (QED) is 0.294. The lowest BCUT2D eigenvalue weighted by Crippen LogP contribution is -2.56. The monoisotopic (exact) mass is 266 g/mol. The largest absolute Gasteiger partial charge is 0.409 e. The van der Waals surface area contributed by atoms with Crippen LogP contribution in [0.5, 0.6) is 0 Å². The van der Waals surface area contributed by atoms with E-state index < -0.39 is 5.41 Å². The molecule has 0 radical (unpaired) electrons. The summed E-state index contributed by atoms with van der Waals surface area (Å²) in [5.41, 5.74) is 4.95. The van der Waals surface area contributed by atoms with Crippen LogP contribution in [0.4, 0.5) is 0 Å². The Morgan fingerprint density at radius 2 is 2.11 bits per heavy atom. The van der Waals surface area contributed by atoms with Gasteiger partial charge in [-0.3, -0.25) is 9.69 Å². The Kier molecular flexibility index (Phi) is 3.12. The molecule has 0 aromatic rings. The minimum Gasteiger partial charge on any atom is -0.409 e. The van der Waals surface area contributed by atoms with Crippen molar-refractivity contribution in [3.63, 3.8) is 0 Å². The van der Waals surface area contributed by atoms with E-state index >= 15 is 0 Å². The highest BCUT2D eigenvalue weighted by Gasteiger charge is 2.49. The van der Waals surface area contributed by atoms with E-state index in [1.54, 1.807) is 0 Å². The number of rotatable bonds is 4. The molecule has 0 spiro atoms. The van der Waals surface area contributed by atoms with Crippen molar-refractivity contribution >= 4 is 11.7 Å². The molecular weight excluding hydrogens is 244 g/mol. The van der Waals surface area contributed by atoms with Gasteiger partial charge in [0.2, 0.25) is 5.91 Å². The number of nitrogens with one attached hydrogen (secondary N) is 1. The Morgan fingerprint density at radius 1 is 1.37 bits per heavy atom. The molecule has 0 bridgehead atoms. The maximum Gasteiger partial charge on any atom is 0.234 e. The summed E-state index contributed by atoms with van der Waals surface area (Å²) < 4.78 is 0. The first kappa shape index (κ1) is 12.7. The van der Waals surface area contributed by atoms with E-state index in [0.29, 0.717) is 12.8 Å². The molecule has 0 aromatic heterocycles. The number of likely N-dealkylation sites (tertiary alicyclic amines) is 1. The van der Waals surface area contributed by atoms with E-state index in [2.05, 4.69) is 15.4 Å². The molecule has 4 N–H and O–H groups in total. The fourth-order valence-electron chi connectivity index (χ4n) is 3.23. The lowest BCUT2D eigenvalue weighted by Gasteiger charge is -2.39. The Bertz CT molecular complexity index is 401. The number of amides is 1. The van der Waals surface area contributed by atoms with Gasteiger partial charge in [-0.15, -0.1) is 0 Å². The third-order valence-electron chi connectivity index (χ3n) is 4.86. The van der Waals surface area contributed by atoms with Crippen LogP contribution in [0, 0.1) is 5.41 Å². The molecule has 1 unspecified atom stereocenters. The van der Waals surface area contributed by atoms with E-state index in [9.17, 15) is 4.79 Å². The number of hydrogen-bond donors (Lipinski definition) is 3. The molecule has 1 heterocycles. The summed E-state index contributed by atoms with van der Waals surface area (Å²) in [5, 5.41) is 15.0. The SMILES string of the molecule is NC(=NO)C1(C(=O)NC2CCN(C3CC3)C2)CCC1. The molecule has 1 amide bonds. The van der Waals surface area contributed by atoms with Crippen LogP contribution < -0.4 is 11.1 Å². The van der Waals surface area contributed by atoms with Gasteiger partial charge in [-0.1, -0.05) is 11.6 Å². The molecule has 6 heteroatoms. The molecule has 1 atom stereocenters. The molecule has 6 nitrogen and oxygen atoms in total. The fraction of sp³-hybridized carbons (Fsp3) is 0.846. The van der Waals surface area contributed by atoms with E-state index in [1.165, 1.54) is 12.8 Å². The van der Waals surface area contributed by atoms with Crippen molar-refractivity contribution in [2.45, 2.75) is 50.6 Å². The minimum absolute atomic E-state index is 0.0586. The zero-order chi connectivity index (χ0) is 13.5. The van der Waals surface area contributed by atoms with Gasteiger partial charge < -0.3 is 16.3 Å². The standard InChI is InChI=1S/C13H22N4O2/c14-11(16-19)13(5-1-6-13)12(18)15-9-4-7-17(8-9)10-2-3-10/h9-10,19H,1-8H2,(H2,14,16)(H,15,18). The van der Waals surface area contributed by atoms with E-state index in [-0.39, 0.29) is 17.8 Å². The van der Waals surface area contributed by atoms with Gasteiger partial charge in [-0.25, -0.2) is 0 Å². The zero-order valence-corrected chi connectivity index (χ0v) is 11.1. The fourth-order valence-corrected chi connectivity index (χ4v) is 3.23. The maximum atomic E-state index is 12.4. The van der Waals surface area contributed by atoms with Crippen LogP contribution in [0.15, 0.2) is 5.16 Å². The van der Waals surface area contributed by atoms with Crippen LogP contribution in [-0.4, -0.2) is 47.0 Å². The van der Waals surface area contributed by atoms with Gasteiger partial charge in [-0.2, -0.15) is 0 Å². The molecule has 106 valence electrons. The number of nitrogens with zero attached hydrogens (tertiary/aromatic N) is 2. The van der Waals surface area contributed by atoms with E-state index in [4.69, 9.17) is 10.9 Å². The van der Waals surface area contributed by atoms with Crippen LogP contribution in [-0.2, 0) is 4.79 Å². The second kappa shape index (κ2) is 4.67. The van der Waals surface area contributed by atoms with Crippen LogP contribution >= 0.6 is 0 Å². The average molecular weight is 266 g/mol. The molecule has 0 aromatic carbocycles. The first-order valence-corrected chi connectivity index (χ1v) is 7.19. The van der Waals surface area contributed by atoms with Gasteiger partial charge in [0.05, 0.1) is 0 Å². The Balaban J connectivity index is 1.58. The Morgan fingerprint density at radius 3 is 2.63 bits per heavy atom. The summed E-state index contributed by atoms with van der Waals surface area (Å²) in [7, 11) is 0. The van der Waals surface area contributed by atoms with Crippen LogP contribution in [0.3, 0.4) is 0 Å². The van der Waals surface area contributed by atoms with Crippen LogP contribution in [0.25, 0.3) is 0 Å². The molecule has 2 saturated carbocycles. The van der Waals surface area contributed by atoms with E-state index in [0.717, 1.165) is 32.0 Å². The summed E-state index contributed by atoms with van der Waals surface area (Å²) in [4.78, 5) is 14.9. The number of amidine groups is 1. The normalized spacial score (nSPS) is 30.9. The van der Waals surface area contributed by atoms with Gasteiger partial charge >= 0.3 is 0 Å². The predicted octanol–water partition coefficient (Wildman–Crippen LogP) is 0.256. The van der Waals surface area contributed by atoms with Crippen molar-refractivity contribution in [3.05, 3.63) is 0 Å². The predicted molar refractivity (Wildman–Crippen MR) is 70.8 cm³/mol. The number of hydrogen-bond acceptors (Lipinski definition) is 4. The molecule has 1 aliphatic heterocycles. The topological polar surface area (TPSA) is 91.0 Å². The van der Waals surface area contributed by atoms with Gasteiger partial charge in [0.1, 0.15) is 5.41 Å². The van der Waals surface area contributed by atoms with Gasteiger partial charge in [0.15, 0.2) is 5.84 Å². The summed E-state index contributed by atoms with van der Waals surface area (Å²) in [6.07, 6.45) is 5.95. The molecule has 19 heavy (non-hydrogen) atoms. The average Bonchev–Trinajstić information content (AvgIpc) is 3.09. The number of nitrogens with two attached hydrogens (primary N) is 1. The van der Waals surface area contributed by atoms with Gasteiger partial charge in [-0.05, 0) is 32.1 Å². The summed E-state index contributed by atoms with van der Waals surface area (Å²) in [6, 6.07) is 0.973. The second-order valence-corrected chi connectivity index (χ2v) is 6.11. The first-order valence-electron chi connectivity index (χ1n) is 7.19. The van der Waals surface area contributed by atoms with Crippen LogP contribution in [0.2, 0.25) is 0 Å². The molecule has 1 saturated heterocycles. The highest BCUT2D eigenvalue weighted by molar-refractivity contribution is 6.07. The number of carbonyl (C=O) groups is 1. The maximum absolute atomic E-state index is 12.4. The lowest BCUT2D eigenvalue weighted by molar-refractivity contribution is -0.131. The summed E-state index contributed by atoms with van der Waals surface area (Å²) >= 11 is 0. The van der Waals surface area contributed by atoms with Crippen molar-refractivity contribution in [1.82, 2.24) is 10.2 Å². The lowest BCUT2D eigenvalue weighted by atomic mass is 9.67. The van der Waals surface area contributed by atoms with Crippen molar-refractivity contribution < 1.29 is 10.0 Å². The highest BCUT2D eigenvalue weighted by atomic mass is 16.4. The molecular formula is C13H22N4O2. The second-order valence-electron chi connectivity index (χ2n) is 6.11. The van der Waals surface area contributed by atoms with Crippen molar-refractivity contribution in [3.8, 4) is 0 Å². The number of carbonyl (C=O) groups excluding carboxylic acids is 1. The summed E-state index contributed by atoms with van der Waals surface area (Å²) in [6.45, 7) is 2.02. The van der Waals surface area contributed by atoms with Crippen molar-refractivity contribution in [2.75, 3.05) is 13.1 Å². The Hall–Kier alpha value is -1.30.